The lowest BCUT2D eigenvalue weighted by molar-refractivity contribution is -0.146. The van der Waals surface area contributed by atoms with Crippen LogP contribution in [0.2, 0.25) is 0 Å². The van der Waals surface area contributed by atoms with E-state index in [4.69, 9.17) is 9.57 Å². The summed E-state index contributed by atoms with van der Waals surface area (Å²) in [6, 6.07) is 17.6. The Morgan fingerprint density at radius 1 is 1.09 bits per heavy atom. The average Bonchev–Trinajstić information content (AvgIpc) is 3.04. The fourth-order valence-corrected chi connectivity index (χ4v) is 3.38. The lowest BCUT2D eigenvalue weighted by Gasteiger charge is -2.16. The number of benzene rings is 2. The molecule has 1 heterocycles. The van der Waals surface area contributed by atoms with Crippen molar-refractivity contribution in [2.45, 2.75) is 31.1 Å². The van der Waals surface area contributed by atoms with Crippen LogP contribution in [0.15, 0.2) is 54.6 Å². The first-order valence-electron chi connectivity index (χ1n) is 7.52. The van der Waals surface area contributed by atoms with Gasteiger partial charge in [0.1, 0.15) is 12.1 Å². The summed E-state index contributed by atoms with van der Waals surface area (Å²) >= 11 is 0. The molecule has 4 rings (SSSR count). The van der Waals surface area contributed by atoms with Gasteiger partial charge in [-0.25, -0.2) is 0 Å². The van der Waals surface area contributed by atoms with E-state index < -0.39 is 6.04 Å². The highest BCUT2D eigenvalue weighted by molar-refractivity contribution is 5.81. The zero-order valence-electron chi connectivity index (χ0n) is 12.1. The van der Waals surface area contributed by atoms with Gasteiger partial charge < -0.3 is 4.74 Å². The maximum atomic E-state index is 12.1. The van der Waals surface area contributed by atoms with Crippen molar-refractivity contribution < 1.29 is 14.4 Å². The number of hydrogen-bond acceptors (Lipinski definition) is 4. The van der Waals surface area contributed by atoms with Crippen LogP contribution in [0.4, 0.5) is 0 Å². The van der Waals surface area contributed by atoms with E-state index in [1.807, 2.05) is 42.5 Å². The molecule has 4 heteroatoms. The first-order chi connectivity index (χ1) is 10.8. The van der Waals surface area contributed by atoms with E-state index in [-0.39, 0.29) is 18.0 Å². The van der Waals surface area contributed by atoms with Crippen molar-refractivity contribution >= 4 is 5.97 Å². The Labute approximate surface area is 129 Å². The fourth-order valence-electron chi connectivity index (χ4n) is 3.38. The topological polar surface area (TPSA) is 47.6 Å². The van der Waals surface area contributed by atoms with Crippen LogP contribution in [0.3, 0.4) is 0 Å². The molecule has 22 heavy (non-hydrogen) atoms. The molecule has 3 atom stereocenters. The van der Waals surface area contributed by atoms with Gasteiger partial charge in [-0.05, 0) is 16.7 Å². The van der Waals surface area contributed by atoms with E-state index in [0.29, 0.717) is 6.61 Å². The molecule has 1 aliphatic carbocycles. The van der Waals surface area contributed by atoms with Crippen LogP contribution in [0.1, 0.15) is 22.6 Å². The van der Waals surface area contributed by atoms with E-state index in [1.54, 1.807) is 0 Å². The Hall–Kier alpha value is -2.17. The molecule has 112 valence electrons. The van der Waals surface area contributed by atoms with E-state index in [9.17, 15) is 4.79 Å². The summed E-state index contributed by atoms with van der Waals surface area (Å²) in [4.78, 5) is 17.6. The van der Waals surface area contributed by atoms with Crippen LogP contribution in [0, 0.1) is 0 Å². The summed E-state index contributed by atoms with van der Waals surface area (Å²) < 4.78 is 5.50. The maximum Gasteiger partial charge on any atom is 0.326 e. The summed E-state index contributed by atoms with van der Waals surface area (Å²) in [5.41, 5.74) is 6.43. The van der Waals surface area contributed by atoms with Crippen LogP contribution >= 0.6 is 0 Å². The zero-order valence-corrected chi connectivity index (χ0v) is 12.1. The van der Waals surface area contributed by atoms with Gasteiger partial charge in [0.25, 0.3) is 0 Å². The predicted molar refractivity (Wildman–Crippen MR) is 80.9 cm³/mol. The van der Waals surface area contributed by atoms with Crippen molar-refractivity contribution in [3.05, 3.63) is 71.3 Å². The quantitative estimate of drug-likeness (QED) is 0.695. The Morgan fingerprint density at radius 2 is 1.86 bits per heavy atom. The second-order valence-electron chi connectivity index (χ2n) is 5.77. The monoisotopic (exact) mass is 295 g/mol. The Balaban J connectivity index is 1.46. The van der Waals surface area contributed by atoms with E-state index >= 15 is 0 Å². The summed E-state index contributed by atoms with van der Waals surface area (Å²) in [6.45, 7) is 0.420. The summed E-state index contributed by atoms with van der Waals surface area (Å²) in [5, 5.41) is 0. The van der Waals surface area contributed by atoms with Crippen LogP contribution in [-0.4, -0.2) is 18.1 Å². The molecule has 1 fully saturated rings. The number of hydroxylamine groups is 1. The summed E-state index contributed by atoms with van der Waals surface area (Å²) in [7, 11) is 0. The van der Waals surface area contributed by atoms with E-state index in [2.05, 4.69) is 17.6 Å². The molecule has 0 aromatic heterocycles. The van der Waals surface area contributed by atoms with Gasteiger partial charge in [0.15, 0.2) is 0 Å². The van der Waals surface area contributed by atoms with E-state index in [0.717, 1.165) is 12.0 Å². The van der Waals surface area contributed by atoms with Gasteiger partial charge in [-0.3, -0.25) is 9.63 Å². The van der Waals surface area contributed by atoms with Crippen LogP contribution < -0.4 is 5.48 Å². The standard InChI is InChI=1S/C18H17NO3/c20-18-17(19-21-11-12-6-2-1-3-7-12)16-14-9-5-4-8-13(14)10-15(16)22-18/h1-9,15-17,19H,10-11H2/t15-,16+,17+/m0/s1. The molecule has 2 aromatic rings. The smallest absolute Gasteiger partial charge is 0.326 e. The van der Waals surface area contributed by atoms with Crippen molar-refractivity contribution in [1.29, 1.82) is 0 Å². The van der Waals surface area contributed by atoms with Gasteiger partial charge in [0, 0.05) is 6.42 Å². The molecular weight excluding hydrogens is 278 g/mol. The largest absolute Gasteiger partial charge is 0.460 e. The number of carbonyl (C=O) groups is 1. The second-order valence-corrected chi connectivity index (χ2v) is 5.77. The minimum absolute atomic E-state index is 0.0412. The highest BCUT2D eigenvalue weighted by Gasteiger charge is 2.49. The van der Waals surface area contributed by atoms with Gasteiger partial charge in [0.05, 0.1) is 12.5 Å². The maximum absolute atomic E-state index is 12.1. The molecule has 1 N–H and O–H groups in total. The predicted octanol–water partition coefficient (Wildman–Crippen LogP) is 2.34. The normalized spacial score (nSPS) is 25.6. The Kier molecular flexibility index (Phi) is 3.41. The molecule has 1 aliphatic heterocycles. The molecule has 0 saturated carbocycles. The molecule has 0 amide bonds. The molecular formula is C18H17NO3. The first kappa shape index (κ1) is 13.5. The molecule has 1 saturated heterocycles. The zero-order chi connectivity index (χ0) is 14.9. The summed E-state index contributed by atoms with van der Waals surface area (Å²) in [6.07, 6.45) is 0.728. The van der Waals surface area contributed by atoms with Crippen molar-refractivity contribution in [2.24, 2.45) is 0 Å². The van der Waals surface area contributed by atoms with Gasteiger partial charge in [-0.1, -0.05) is 54.6 Å². The number of esters is 1. The van der Waals surface area contributed by atoms with Gasteiger partial charge in [-0.2, -0.15) is 5.48 Å². The van der Waals surface area contributed by atoms with Gasteiger partial charge in [-0.15, -0.1) is 0 Å². The van der Waals surface area contributed by atoms with E-state index in [1.165, 1.54) is 11.1 Å². The van der Waals surface area contributed by atoms with Crippen LogP contribution in [-0.2, 0) is 27.4 Å². The first-order valence-corrected chi connectivity index (χ1v) is 7.52. The Morgan fingerprint density at radius 3 is 2.73 bits per heavy atom. The fraction of sp³-hybridized carbons (Fsp3) is 0.278. The van der Waals surface area contributed by atoms with Crippen LogP contribution in [0.5, 0.6) is 0 Å². The minimum atomic E-state index is -0.433. The third-order valence-corrected chi connectivity index (χ3v) is 4.41. The molecule has 2 aromatic carbocycles. The van der Waals surface area contributed by atoms with Crippen molar-refractivity contribution in [1.82, 2.24) is 5.48 Å². The third kappa shape index (κ3) is 2.30. The van der Waals surface area contributed by atoms with Gasteiger partial charge >= 0.3 is 5.97 Å². The molecule has 0 bridgehead atoms. The Bertz CT molecular complexity index is 686. The number of hydrogen-bond donors (Lipinski definition) is 1. The van der Waals surface area contributed by atoms with Crippen molar-refractivity contribution in [3.63, 3.8) is 0 Å². The third-order valence-electron chi connectivity index (χ3n) is 4.41. The number of carbonyl (C=O) groups excluding carboxylic acids is 1. The molecule has 0 radical (unpaired) electrons. The number of rotatable bonds is 4. The molecule has 2 aliphatic rings. The average molecular weight is 295 g/mol. The SMILES string of the molecule is O=C1O[C@H]2Cc3ccccc3[C@H]2[C@H]1NOCc1ccccc1. The number of nitrogens with one attached hydrogen (secondary N) is 1. The second kappa shape index (κ2) is 5.55. The van der Waals surface area contributed by atoms with Crippen molar-refractivity contribution in [2.75, 3.05) is 0 Å². The number of ether oxygens (including phenoxy) is 1. The highest BCUT2D eigenvalue weighted by atomic mass is 16.7. The molecule has 0 unspecified atom stereocenters. The lowest BCUT2D eigenvalue weighted by atomic mass is 9.94. The van der Waals surface area contributed by atoms with Gasteiger partial charge in [0.2, 0.25) is 0 Å². The minimum Gasteiger partial charge on any atom is -0.460 e. The van der Waals surface area contributed by atoms with Crippen molar-refractivity contribution in [3.8, 4) is 0 Å². The lowest BCUT2D eigenvalue weighted by Crippen LogP contribution is -2.37. The van der Waals surface area contributed by atoms with Crippen LogP contribution in [0.25, 0.3) is 0 Å². The summed E-state index contributed by atoms with van der Waals surface area (Å²) in [5.74, 6) is -0.183. The molecule has 0 spiro atoms. The highest BCUT2D eigenvalue weighted by Crippen LogP contribution is 2.42. The molecule has 4 nitrogen and oxygen atoms in total. The number of fused-ring (bicyclic) bond motifs is 3.